The van der Waals surface area contributed by atoms with Crippen LogP contribution in [0.2, 0.25) is 0 Å². The molecule has 27 heavy (non-hydrogen) atoms. The number of rotatable bonds is 5. The average molecular weight is 368 g/mol. The third-order valence-electron chi connectivity index (χ3n) is 4.03. The predicted octanol–water partition coefficient (Wildman–Crippen LogP) is 3.08. The Balaban J connectivity index is 1.73. The molecular weight excluding hydrogens is 348 g/mol. The molecule has 0 unspecified atom stereocenters. The van der Waals surface area contributed by atoms with Crippen LogP contribution >= 0.6 is 0 Å². The van der Waals surface area contributed by atoms with Crippen LogP contribution in [0.1, 0.15) is 12.5 Å². The second kappa shape index (κ2) is 7.82. The summed E-state index contributed by atoms with van der Waals surface area (Å²) in [4.78, 5) is 23.9. The van der Waals surface area contributed by atoms with Gasteiger partial charge in [0, 0.05) is 17.3 Å². The smallest absolute Gasteiger partial charge is 0.265 e. The maximum atomic E-state index is 12.2. The van der Waals surface area contributed by atoms with Crippen molar-refractivity contribution in [1.29, 1.82) is 0 Å². The Kier molecular flexibility index (Phi) is 5.30. The van der Waals surface area contributed by atoms with E-state index in [0.717, 1.165) is 0 Å². The van der Waals surface area contributed by atoms with Gasteiger partial charge in [-0.1, -0.05) is 12.1 Å². The zero-order valence-corrected chi connectivity index (χ0v) is 15.2. The summed E-state index contributed by atoms with van der Waals surface area (Å²) in [6.07, 6.45) is 2.49. The lowest BCUT2D eigenvalue weighted by atomic mass is 10.1. The maximum absolute atomic E-state index is 12.2. The summed E-state index contributed by atoms with van der Waals surface area (Å²) in [5.41, 5.74) is 1.78. The SMILES string of the molecule is COc1cccc(/C=C/C(=O)Nc2ccc3c(c2)NC(=O)[C@@H](C)O3)c1OC. The second-order valence-corrected chi connectivity index (χ2v) is 5.87. The van der Waals surface area contributed by atoms with Crippen LogP contribution in [-0.2, 0) is 9.59 Å². The Morgan fingerprint density at radius 1 is 1.22 bits per heavy atom. The summed E-state index contributed by atoms with van der Waals surface area (Å²) in [5.74, 6) is 1.15. The molecular formula is C20H20N2O5. The van der Waals surface area contributed by atoms with Crippen LogP contribution in [0.5, 0.6) is 17.2 Å². The summed E-state index contributed by atoms with van der Waals surface area (Å²) in [6, 6.07) is 10.5. The Labute approximate surface area is 156 Å². The highest BCUT2D eigenvalue weighted by atomic mass is 16.5. The molecule has 1 atom stereocenters. The summed E-state index contributed by atoms with van der Waals surface area (Å²) in [7, 11) is 3.09. The van der Waals surface area contributed by atoms with Crippen molar-refractivity contribution >= 4 is 29.3 Å². The van der Waals surface area contributed by atoms with Gasteiger partial charge in [-0.3, -0.25) is 9.59 Å². The van der Waals surface area contributed by atoms with Gasteiger partial charge >= 0.3 is 0 Å². The predicted molar refractivity (Wildman–Crippen MR) is 102 cm³/mol. The van der Waals surface area contributed by atoms with Crippen LogP contribution < -0.4 is 24.8 Å². The number of anilines is 2. The number of benzene rings is 2. The van der Waals surface area contributed by atoms with Crippen molar-refractivity contribution in [2.45, 2.75) is 13.0 Å². The summed E-state index contributed by atoms with van der Waals surface area (Å²) >= 11 is 0. The fourth-order valence-corrected chi connectivity index (χ4v) is 2.68. The number of carbonyl (C=O) groups is 2. The molecule has 0 spiro atoms. The Bertz CT molecular complexity index is 907. The van der Waals surface area contributed by atoms with E-state index in [9.17, 15) is 9.59 Å². The molecule has 7 heteroatoms. The molecule has 0 radical (unpaired) electrons. The number of para-hydroxylation sites is 1. The molecule has 1 aliphatic rings. The lowest BCUT2D eigenvalue weighted by molar-refractivity contribution is -0.122. The first kappa shape index (κ1) is 18.3. The molecule has 0 saturated carbocycles. The maximum Gasteiger partial charge on any atom is 0.265 e. The molecule has 140 valence electrons. The highest BCUT2D eigenvalue weighted by Gasteiger charge is 2.23. The first-order valence-corrected chi connectivity index (χ1v) is 8.33. The monoisotopic (exact) mass is 368 g/mol. The van der Waals surface area contributed by atoms with E-state index >= 15 is 0 Å². The van der Waals surface area contributed by atoms with Crippen LogP contribution in [0.4, 0.5) is 11.4 Å². The number of hydrogen-bond acceptors (Lipinski definition) is 5. The fraction of sp³-hybridized carbons (Fsp3) is 0.200. The van der Waals surface area contributed by atoms with Crippen molar-refractivity contribution in [1.82, 2.24) is 0 Å². The Morgan fingerprint density at radius 2 is 2.04 bits per heavy atom. The van der Waals surface area contributed by atoms with Crippen LogP contribution in [0.25, 0.3) is 6.08 Å². The quantitative estimate of drug-likeness (QED) is 0.792. The lowest BCUT2D eigenvalue weighted by Crippen LogP contribution is -2.34. The Hall–Kier alpha value is -3.48. The number of carbonyl (C=O) groups excluding carboxylic acids is 2. The van der Waals surface area contributed by atoms with Crippen LogP contribution in [0.15, 0.2) is 42.5 Å². The van der Waals surface area contributed by atoms with E-state index in [1.54, 1.807) is 51.5 Å². The third kappa shape index (κ3) is 4.03. The zero-order chi connectivity index (χ0) is 19.4. The molecule has 0 fully saturated rings. The van der Waals surface area contributed by atoms with Gasteiger partial charge in [0.1, 0.15) is 5.75 Å². The van der Waals surface area contributed by atoms with E-state index in [1.807, 2.05) is 12.1 Å². The summed E-state index contributed by atoms with van der Waals surface area (Å²) in [6.45, 7) is 1.67. The molecule has 1 aliphatic heterocycles. The van der Waals surface area contributed by atoms with Gasteiger partial charge in [0.2, 0.25) is 5.91 Å². The van der Waals surface area contributed by atoms with Crippen molar-refractivity contribution in [3.63, 3.8) is 0 Å². The van der Waals surface area contributed by atoms with Gasteiger partial charge in [-0.05, 0) is 37.3 Å². The summed E-state index contributed by atoms with van der Waals surface area (Å²) in [5, 5.41) is 5.49. The van der Waals surface area contributed by atoms with E-state index < -0.39 is 6.10 Å². The molecule has 0 saturated heterocycles. The van der Waals surface area contributed by atoms with E-state index in [1.165, 1.54) is 6.08 Å². The van der Waals surface area contributed by atoms with Crippen molar-refractivity contribution in [2.75, 3.05) is 24.9 Å². The largest absolute Gasteiger partial charge is 0.493 e. The van der Waals surface area contributed by atoms with Crippen LogP contribution in [-0.4, -0.2) is 32.1 Å². The molecule has 2 aromatic carbocycles. The van der Waals surface area contributed by atoms with Gasteiger partial charge in [0.05, 0.1) is 19.9 Å². The number of hydrogen-bond donors (Lipinski definition) is 2. The van der Waals surface area contributed by atoms with Crippen molar-refractivity contribution in [2.24, 2.45) is 0 Å². The first-order valence-electron chi connectivity index (χ1n) is 8.33. The molecule has 2 amide bonds. The van der Waals surface area contributed by atoms with Crippen molar-refractivity contribution in [3.05, 3.63) is 48.0 Å². The lowest BCUT2D eigenvalue weighted by Gasteiger charge is -2.23. The van der Waals surface area contributed by atoms with E-state index in [2.05, 4.69) is 10.6 Å². The summed E-state index contributed by atoms with van der Waals surface area (Å²) < 4.78 is 16.1. The van der Waals surface area contributed by atoms with Gasteiger partial charge in [0.25, 0.3) is 5.91 Å². The molecule has 1 heterocycles. The Morgan fingerprint density at radius 3 is 2.78 bits per heavy atom. The third-order valence-corrected chi connectivity index (χ3v) is 4.03. The molecule has 3 rings (SSSR count). The highest BCUT2D eigenvalue weighted by molar-refractivity contribution is 6.03. The molecule has 7 nitrogen and oxygen atoms in total. The van der Waals surface area contributed by atoms with Crippen LogP contribution in [0, 0.1) is 0 Å². The minimum Gasteiger partial charge on any atom is -0.493 e. The van der Waals surface area contributed by atoms with E-state index in [-0.39, 0.29) is 11.8 Å². The number of amides is 2. The molecule has 0 aromatic heterocycles. The van der Waals surface area contributed by atoms with Crippen molar-refractivity contribution < 1.29 is 23.8 Å². The number of nitrogens with one attached hydrogen (secondary N) is 2. The minimum absolute atomic E-state index is 0.226. The topological polar surface area (TPSA) is 85.9 Å². The minimum atomic E-state index is -0.543. The van der Waals surface area contributed by atoms with Gasteiger partial charge < -0.3 is 24.8 Å². The van der Waals surface area contributed by atoms with Gasteiger partial charge in [0.15, 0.2) is 17.6 Å². The molecule has 0 aliphatic carbocycles. The first-order chi connectivity index (χ1) is 13.0. The van der Waals surface area contributed by atoms with Crippen LogP contribution in [0.3, 0.4) is 0 Å². The molecule has 0 bridgehead atoms. The molecule has 2 aromatic rings. The molecule has 2 N–H and O–H groups in total. The second-order valence-electron chi connectivity index (χ2n) is 5.87. The highest BCUT2D eigenvalue weighted by Crippen LogP contribution is 2.33. The van der Waals surface area contributed by atoms with E-state index in [0.29, 0.717) is 34.2 Å². The normalized spacial score (nSPS) is 15.5. The van der Waals surface area contributed by atoms with Crippen molar-refractivity contribution in [3.8, 4) is 17.2 Å². The van der Waals surface area contributed by atoms with E-state index in [4.69, 9.17) is 14.2 Å². The van der Waals surface area contributed by atoms with Gasteiger partial charge in [-0.2, -0.15) is 0 Å². The fourth-order valence-electron chi connectivity index (χ4n) is 2.68. The zero-order valence-electron chi connectivity index (χ0n) is 15.2. The standard InChI is InChI=1S/C20H20N2O5/c1-12-20(24)22-15-11-14(8-9-16(15)27-12)21-18(23)10-7-13-5-4-6-17(25-2)19(13)26-3/h4-12H,1-3H3,(H,21,23)(H,22,24)/b10-7+/t12-/m1/s1. The van der Waals surface area contributed by atoms with Gasteiger partial charge in [-0.25, -0.2) is 0 Å². The number of ether oxygens (including phenoxy) is 3. The number of fused-ring (bicyclic) bond motifs is 1. The van der Waals surface area contributed by atoms with Gasteiger partial charge in [-0.15, -0.1) is 0 Å². The number of methoxy groups -OCH3 is 2. The average Bonchev–Trinajstić information content (AvgIpc) is 2.67.